The summed E-state index contributed by atoms with van der Waals surface area (Å²) < 4.78 is 16.1. The average molecular weight is 753 g/mol. The van der Waals surface area contributed by atoms with Gasteiger partial charge in [0.1, 0.15) is 47.9 Å². The second kappa shape index (κ2) is 14.7. The quantitative estimate of drug-likeness (QED) is 0.0956. The van der Waals surface area contributed by atoms with Crippen molar-refractivity contribution in [2.24, 2.45) is 13.0 Å². The maximum Gasteiger partial charge on any atom is 0.294 e. The van der Waals surface area contributed by atoms with Crippen LogP contribution in [0.1, 0.15) is 111 Å². The van der Waals surface area contributed by atoms with Gasteiger partial charge in [0, 0.05) is 39.8 Å². The van der Waals surface area contributed by atoms with E-state index >= 15 is 0 Å². The molecule has 4 atom stereocenters. The number of para-hydroxylation sites is 2. The van der Waals surface area contributed by atoms with E-state index in [1.807, 2.05) is 0 Å². The minimum Gasteiger partial charge on any atom is -0.460 e. The van der Waals surface area contributed by atoms with E-state index in [1.165, 1.54) is 67.2 Å². The molecule has 0 radical (unpaired) electrons. The Labute approximate surface area is 338 Å². The van der Waals surface area contributed by atoms with Gasteiger partial charge in [0.2, 0.25) is 0 Å². The molecule has 9 rings (SSSR count). The zero-order valence-electron chi connectivity index (χ0n) is 34.6. The molecule has 0 spiro atoms. The number of aryl methyl sites for hydroxylation is 2. The molecule has 288 valence electrons. The van der Waals surface area contributed by atoms with Crippen LogP contribution in [0.25, 0.3) is 45.5 Å². The Balaban J connectivity index is 1.03. The molecule has 0 amide bonds. The Morgan fingerprint density at radius 3 is 2.25 bits per heavy atom. The summed E-state index contributed by atoms with van der Waals surface area (Å²) in [6.45, 7) is 19.3. The Hall–Kier alpha value is -5.68. The predicted molar refractivity (Wildman–Crippen MR) is 233 cm³/mol. The van der Waals surface area contributed by atoms with Gasteiger partial charge >= 0.3 is 0 Å². The number of benzene rings is 4. The number of allylic oxidation sites excluding steroid dienone is 2. The molecule has 3 aromatic heterocycles. The third-order valence-electron chi connectivity index (χ3n) is 13.0. The van der Waals surface area contributed by atoms with Crippen LogP contribution in [0.2, 0.25) is 0 Å². The summed E-state index contributed by atoms with van der Waals surface area (Å²) in [6.07, 6.45) is 15.6. The summed E-state index contributed by atoms with van der Waals surface area (Å²) in [5.74, 6) is 5.28. The minimum atomic E-state index is 0.130. The first-order valence-corrected chi connectivity index (χ1v) is 21.0. The number of hydrogen-bond donors (Lipinski definition) is 0. The van der Waals surface area contributed by atoms with Crippen LogP contribution in [0, 0.1) is 5.92 Å². The summed E-state index contributed by atoms with van der Waals surface area (Å²) >= 11 is 0. The smallest absolute Gasteiger partial charge is 0.294 e. The van der Waals surface area contributed by atoms with Crippen molar-refractivity contribution < 1.29 is 13.6 Å². The number of aromatic nitrogens is 4. The highest BCUT2D eigenvalue weighted by Gasteiger charge is 2.40. The lowest BCUT2D eigenvalue weighted by Gasteiger charge is -2.30. The summed E-state index contributed by atoms with van der Waals surface area (Å²) in [7, 11) is 2.18. The van der Waals surface area contributed by atoms with Crippen molar-refractivity contribution in [1.82, 2.24) is 9.13 Å². The Kier molecular flexibility index (Phi) is 9.51. The maximum atomic E-state index is 6.38. The minimum absolute atomic E-state index is 0.130. The van der Waals surface area contributed by atoms with Gasteiger partial charge in [-0.25, -0.2) is 13.7 Å². The zero-order chi connectivity index (χ0) is 39.5. The fraction of sp³-hybridized carbons (Fsp3) is 0.308. The molecule has 1 aliphatic carbocycles. The van der Waals surface area contributed by atoms with E-state index in [1.54, 1.807) is 0 Å². The van der Waals surface area contributed by atoms with Crippen LogP contribution in [0.5, 0.6) is 0 Å². The highest BCUT2D eigenvalue weighted by Crippen LogP contribution is 2.46. The van der Waals surface area contributed by atoms with Crippen LogP contribution in [0.3, 0.4) is 0 Å². The molecular formula is C52H56N4O+2. The predicted octanol–water partition coefficient (Wildman–Crippen LogP) is 12.0. The van der Waals surface area contributed by atoms with Gasteiger partial charge in [-0.3, -0.25) is 0 Å². The van der Waals surface area contributed by atoms with Gasteiger partial charge in [-0.05, 0) is 60.1 Å². The van der Waals surface area contributed by atoms with E-state index in [0.717, 1.165) is 30.7 Å². The van der Waals surface area contributed by atoms with E-state index in [2.05, 4.69) is 201 Å². The topological polar surface area (TPSA) is 30.8 Å². The van der Waals surface area contributed by atoms with Gasteiger partial charge in [-0.15, -0.1) is 0 Å². The van der Waals surface area contributed by atoms with Gasteiger partial charge in [0.15, 0.2) is 0 Å². The lowest BCUT2D eigenvalue weighted by Crippen LogP contribution is -2.45. The van der Waals surface area contributed by atoms with Crippen LogP contribution in [0.4, 0.5) is 0 Å². The van der Waals surface area contributed by atoms with Gasteiger partial charge in [0.05, 0.1) is 24.7 Å². The number of furan rings is 1. The van der Waals surface area contributed by atoms with Crippen molar-refractivity contribution >= 4 is 17.0 Å². The van der Waals surface area contributed by atoms with E-state index in [9.17, 15) is 0 Å². The number of fused-ring (bicyclic) bond motifs is 6. The monoisotopic (exact) mass is 752 g/mol. The fourth-order valence-corrected chi connectivity index (χ4v) is 10.1. The molecular weight excluding hydrogens is 697 g/mol. The number of hydrogen-bond acceptors (Lipinski definition) is 1. The molecule has 57 heavy (non-hydrogen) atoms. The molecule has 5 nitrogen and oxygen atoms in total. The van der Waals surface area contributed by atoms with Crippen LogP contribution in [-0.4, -0.2) is 9.13 Å². The second-order valence-electron chi connectivity index (χ2n) is 17.1. The van der Waals surface area contributed by atoms with Crippen LogP contribution >= 0.6 is 0 Å². The van der Waals surface area contributed by atoms with E-state index in [0.29, 0.717) is 17.8 Å². The summed E-state index contributed by atoms with van der Waals surface area (Å²) in [5.41, 5.74) is 13.2. The lowest BCUT2D eigenvalue weighted by atomic mass is 9.80. The summed E-state index contributed by atoms with van der Waals surface area (Å²) in [4.78, 5) is 0. The van der Waals surface area contributed by atoms with Crippen LogP contribution in [-0.2, 0) is 20.0 Å². The highest BCUT2D eigenvalue weighted by atomic mass is 16.3. The zero-order valence-corrected chi connectivity index (χ0v) is 34.6. The first kappa shape index (κ1) is 36.9. The largest absolute Gasteiger partial charge is 0.460 e. The molecule has 0 saturated heterocycles. The van der Waals surface area contributed by atoms with Crippen LogP contribution < -0.4 is 9.13 Å². The van der Waals surface area contributed by atoms with Gasteiger partial charge in [-0.1, -0.05) is 133 Å². The summed E-state index contributed by atoms with van der Waals surface area (Å²) in [5, 5.41) is 1.21. The Morgan fingerprint density at radius 2 is 1.49 bits per heavy atom. The number of nitrogens with zero attached hydrogens (tertiary/aromatic N) is 4. The number of imidazole rings is 2. The van der Waals surface area contributed by atoms with Gasteiger partial charge in [-0.2, -0.15) is 4.57 Å². The second-order valence-corrected chi connectivity index (χ2v) is 17.1. The molecule has 5 heteroatoms. The average Bonchev–Trinajstić information content (AvgIpc) is 3.99. The van der Waals surface area contributed by atoms with E-state index < -0.39 is 0 Å². The molecule has 0 fully saturated rings. The van der Waals surface area contributed by atoms with Crippen LogP contribution in [0.15, 0.2) is 138 Å². The fourth-order valence-electron chi connectivity index (χ4n) is 10.1. The first-order valence-electron chi connectivity index (χ1n) is 21.0. The van der Waals surface area contributed by atoms with Crippen molar-refractivity contribution in [3.8, 4) is 28.5 Å². The van der Waals surface area contributed by atoms with E-state index in [-0.39, 0.29) is 17.9 Å². The third kappa shape index (κ3) is 6.14. The number of rotatable bonds is 11. The molecule has 3 unspecified atom stereocenters. The van der Waals surface area contributed by atoms with E-state index in [4.69, 9.17) is 4.42 Å². The molecule has 4 heterocycles. The molecule has 4 aromatic carbocycles. The normalized spacial score (nSPS) is 17.8. The molecule has 0 saturated carbocycles. The van der Waals surface area contributed by atoms with Crippen molar-refractivity contribution in [2.75, 3.05) is 0 Å². The van der Waals surface area contributed by atoms with Gasteiger partial charge in [0.25, 0.3) is 11.6 Å². The van der Waals surface area contributed by atoms with Crippen molar-refractivity contribution in [3.63, 3.8) is 0 Å². The molecule has 0 N–H and O–H groups in total. The van der Waals surface area contributed by atoms with Gasteiger partial charge < -0.3 is 4.42 Å². The lowest BCUT2D eigenvalue weighted by molar-refractivity contribution is -0.706. The first-order chi connectivity index (χ1) is 27.7. The maximum absolute atomic E-state index is 6.38. The molecule has 2 aliphatic rings. The molecule has 1 aliphatic heterocycles. The molecule has 7 aromatic rings. The molecule has 0 bridgehead atoms. The third-order valence-corrected chi connectivity index (χ3v) is 13.0. The highest BCUT2D eigenvalue weighted by molar-refractivity contribution is 5.91. The Morgan fingerprint density at radius 1 is 0.789 bits per heavy atom. The van der Waals surface area contributed by atoms with Crippen molar-refractivity contribution in [2.45, 2.75) is 90.6 Å². The SMILES string of the molecule is C=CC1C(CCc2ccccc2-c2n(C[C@@H](C)C3=Cc4c(oc5ccccc45)C3C)cc[n+]2C)c2ccccc2-c2n(-c3c(C(C)C)cccc3C(C)C)cc[n+]21. The Bertz CT molecular complexity index is 2640. The van der Waals surface area contributed by atoms with Crippen molar-refractivity contribution in [1.29, 1.82) is 0 Å². The van der Waals surface area contributed by atoms with Crippen molar-refractivity contribution in [3.05, 3.63) is 168 Å². The summed E-state index contributed by atoms with van der Waals surface area (Å²) in [6, 6.07) is 33.6. The standard InChI is InChI=1S/C52H56N4O/c1-9-47-42(41-19-12-13-21-44(41)52-55(47)29-30-56(52)49-38(33(2)3)22-16-23-39(49)34(4)5)26-25-37-17-10-11-18-40(37)51-53(8)27-28-54(51)32-35(6)45-31-46-43-20-14-15-24-48(43)57-50(46)36(45)7/h9-24,27-31,33-36,42,47H,1,25-26,32H2,2-8H3/q+2/t35-,36?,42?,47?/m1/s1.